The lowest BCUT2D eigenvalue weighted by Gasteiger charge is -2.28. The van der Waals surface area contributed by atoms with Crippen molar-refractivity contribution in [2.24, 2.45) is 0 Å². The van der Waals surface area contributed by atoms with Crippen molar-refractivity contribution in [1.82, 2.24) is 9.80 Å². The van der Waals surface area contributed by atoms with Crippen LogP contribution in [0.5, 0.6) is 0 Å². The third-order valence-electron chi connectivity index (χ3n) is 3.90. The van der Waals surface area contributed by atoms with E-state index >= 15 is 0 Å². The van der Waals surface area contributed by atoms with E-state index in [2.05, 4.69) is 0 Å². The van der Waals surface area contributed by atoms with E-state index in [1.165, 1.54) is 35.0 Å². The van der Waals surface area contributed by atoms with Crippen LogP contribution in [0.25, 0.3) is 0 Å². The molecule has 2 rings (SSSR count). The first kappa shape index (κ1) is 17.3. The minimum absolute atomic E-state index is 0.0424. The number of likely N-dealkylation sites (tertiary alicyclic amines) is 1. The molecule has 4 nitrogen and oxygen atoms in total. The van der Waals surface area contributed by atoms with E-state index in [-0.39, 0.29) is 30.5 Å². The molecule has 2 amide bonds. The van der Waals surface area contributed by atoms with Crippen LogP contribution >= 0.6 is 0 Å². The lowest BCUT2D eigenvalue weighted by Crippen LogP contribution is -2.43. The third-order valence-corrected chi connectivity index (χ3v) is 3.90. The van der Waals surface area contributed by atoms with Gasteiger partial charge >= 0.3 is 6.18 Å². The smallest absolute Gasteiger partial charge is 0.340 e. The molecule has 1 aromatic rings. The van der Waals surface area contributed by atoms with Crippen LogP contribution in [0.15, 0.2) is 24.3 Å². The number of hydrogen-bond donors (Lipinski definition) is 0. The Morgan fingerprint density at radius 3 is 2.61 bits per heavy atom. The van der Waals surface area contributed by atoms with Gasteiger partial charge in [-0.15, -0.1) is 0 Å². The highest BCUT2D eigenvalue weighted by Crippen LogP contribution is 2.32. The number of benzene rings is 1. The number of hydrogen-bond acceptors (Lipinski definition) is 2. The van der Waals surface area contributed by atoms with Crippen LogP contribution in [0, 0.1) is 0 Å². The molecule has 0 N–H and O–H groups in total. The molecule has 7 heteroatoms. The van der Waals surface area contributed by atoms with E-state index in [4.69, 9.17) is 0 Å². The Kier molecular flexibility index (Phi) is 5.28. The number of amides is 2. The Balaban J connectivity index is 2.03. The topological polar surface area (TPSA) is 40.6 Å². The number of likely N-dealkylation sites (N-methyl/N-ethyl adjacent to an activating group) is 1. The molecule has 0 bridgehead atoms. The second-order valence-corrected chi connectivity index (χ2v) is 5.68. The Hall–Kier alpha value is -2.05. The Labute approximate surface area is 132 Å². The van der Waals surface area contributed by atoms with E-state index < -0.39 is 11.7 Å². The number of nitrogens with zero attached hydrogens (tertiary/aromatic N) is 2. The van der Waals surface area contributed by atoms with Gasteiger partial charge in [0.15, 0.2) is 0 Å². The maximum Gasteiger partial charge on any atom is 0.416 e. The van der Waals surface area contributed by atoms with Crippen LogP contribution in [0.4, 0.5) is 13.2 Å². The zero-order valence-electron chi connectivity index (χ0n) is 12.9. The largest absolute Gasteiger partial charge is 0.416 e. The predicted molar refractivity (Wildman–Crippen MR) is 78.3 cm³/mol. The first-order valence-electron chi connectivity index (χ1n) is 7.46. The molecule has 1 aromatic carbocycles. The van der Waals surface area contributed by atoms with E-state index in [1.807, 2.05) is 0 Å². The molecule has 0 atom stereocenters. The summed E-state index contributed by atoms with van der Waals surface area (Å²) >= 11 is 0. The standard InChI is InChI=1S/C16H19F3N2O2/c1-20(15(23)11-21-9-5-4-8-14(21)22)10-12-6-2-3-7-13(12)16(17,18)19/h2-3,6-7H,4-5,8-11H2,1H3. The van der Waals surface area contributed by atoms with Gasteiger partial charge in [-0.25, -0.2) is 0 Å². The average molecular weight is 328 g/mol. The summed E-state index contributed by atoms with van der Waals surface area (Å²) in [5, 5.41) is 0. The van der Waals surface area contributed by atoms with Crippen LogP contribution in [0.1, 0.15) is 30.4 Å². The van der Waals surface area contributed by atoms with Crippen molar-refractivity contribution in [3.8, 4) is 0 Å². The number of alkyl halides is 3. The predicted octanol–water partition coefficient (Wildman–Crippen LogP) is 2.68. The fourth-order valence-electron chi connectivity index (χ4n) is 2.59. The monoisotopic (exact) mass is 328 g/mol. The van der Waals surface area contributed by atoms with Crippen LogP contribution in [0.2, 0.25) is 0 Å². The van der Waals surface area contributed by atoms with Crippen LogP contribution in [0.3, 0.4) is 0 Å². The first-order chi connectivity index (χ1) is 10.8. The van der Waals surface area contributed by atoms with Gasteiger partial charge in [-0.3, -0.25) is 9.59 Å². The van der Waals surface area contributed by atoms with E-state index in [0.29, 0.717) is 13.0 Å². The number of carbonyl (C=O) groups excluding carboxylic acids is 2. The molecule has 0 spiro atoms. The van der Waals surface area contributed by atoms with Gasteiger partial charge in [-0.2, -0.15) is 13.2 Å². The number of carbonyl (C=O) groups is 2. The van der Waals surface area contributed by atoms with Crippen LogP contribution in [-0.4, -0.2) is 41.8 Å². The number of piperidine rings is 1. The van der Waals surface area contributed by atoms with Crippen LogP contribution < -0.4 is 0 Å². The zero-order chi connectivity index (χ0) is 17.0. The molecule has 23 heavy (non-hydrogen) atoms. The van der Waals surface area contributed by atoms with Crippen LogP contribution in [-0.2, 0) is 22.3 Å². The minimum atomic E-state index is -4.46. The minimum Gasteiger partial charge on any atom is -0.340 e. The Bertz CT molecular complexity index is 587. The highest BCUT2D eigenvalue weighted by molar-refractivity contribution is 5.85. The summed E-state index contributed by atoms with van der Waals surface area (Å²) in [4.78, 5) is 26.6. The van der Waals surface area contributed by atoms with Gasteiger partial charge in [0.1, 0.15) is 0 Å². The van der Waals surface area contributed by atoms with Gasteiger partial charge in [0.05, 0.1) is 12.1 Å². The zero-order valence-corrected chi connectivity index (χ0v) is 12.9. The maximum atomic E-state index is 13.0. The normalized spacial score (nSPS) is 15.7. The second kappa shape index (κ2) is 7.02. The van der Waals surface area contributed by atoms with E-state index in [0.717, 1.165) is 18.9 Å². The molecule has 0 aliphatic carbocycles. The lowest BCUT2D eigenvalue weighted by atomic mass is 10.1. The van der Waals surface area contributed by atoms with Crippen molar-refractivity contribution >= 4 is 11.8 Å². The highest BCUT2D eigenvalue weighted by Gasteiger charge is 2.33. The Morgan fingerprint density at radius 2 is 1.96 bits per heavy atom. The Morgan fingerprint density at radius 1 is 1.26 bits per heavy atom. The van der Waals surface area contributed by atoms with Gasteiger partial charge in [0.2, 0.25) is 11.8 Å². The van der Waals surface area contributed by atoms with Crippen molar-refractivity contribution in [1.29, 1.82) is 0 Å². The van der Waals surface area contributed by atoms with Crippen molar-refractivity contribution < 1.29 is 22.8 Å². The SMILES string of the molecule is CN(Cc1ccccc1C(F)(F)F)C(=O)CN1CCCCC1=O. The molecule has 1 saturated heterocycles. The molecule has 1 aliphatic rings. The summed E-state index contributed by atoms with van der Waals surface area (Å²) in [6, 6.07) is 5.19. The van der Waals surface area contributed by atoms with Crippen molar-refractivity contribution in [3.63, 3.8) is 0 Å². The quantitative estimate of drug-likeness (QED) is 0.853. The lowest BCUT2D eigenvalue weighted by molar-refractivity contribution is -0.142. The molecule has 126 valence electrons. The second-order valence-electron chi connectivity index (χ2n) is 5.68. The fraction of sp³-hybridized carbons (Fsp3) is 0.500. The van der Waals surface area contributed by atoms with Gasteiger partial charge in [0.25, 0.3) is 0 Å². The molecular weight excluding hydrogens is 309 g/mol. The van der Waals surface area contributed by atoms with Crippen molar-refractivity contribution in [3.05, 3.63) is 35.4 Å². The summed E-state index contributed by atoms with van der Waals surface area (Å²) in [6.07, 6.45) is -2.37. The summed E-state index contributed by atoms with van der Waals surface area (Å²) in [5.74, 6) is -0.439. The number of rotatable bonds is 4. The van der Waals surface area contributed by atoms with E-state index in [9.17, 15) is 22.8 Å². The van der Waals surface area contributed by atoms with Crippen molar-refractivity contribution in [2.45, 2.75) is 32.0 Å². The van der Waals surface area contributed by atoms with Gasteiger partial charge in [-0.05, 0) is 24.5 Å². The molecule has 1 heterocycles. The molecule has 1 fully saturated rings. The molecule has 0 aromatic heterocycles. The summed E-state index contributed by atoms with van der Waals surface area (Å²) < 4.78 is 38.9. The highest BCUT2D eigenvalue weighted by atomic mass is 19.4. The molecule has 1 aliphatic heterocycles. The first-order valence-corrected chi connectivity index (χ1v) is 7.46. The van der Waals surface area contributed by atoms with Gasteiger partial charge < -0.3 is 9.80 Å². The average Bonchev–Trinajstić information content (AvgIpc) is 2.49. The van der Waals surface area contributed by atoms with Gasteiger partial charge in [0, 0.05) is 26.6 Å². The molecular formula is C16H19F3N2O2. The van der Waals surface area contributed by atoms with Crippen molar-refractivity contribution in [2.75, 3.05) is 20.1 Å². The summed E-state index contributed by atoms with van der Waals surface area (Å²) in [5.41, 5.74) is -0.700. The molecule has 0 unspecified atom stereocenters. The maximum absolute atomic E-state index is 13.0. The van der Waals surface area contributed by atoms with Gasteiger partial charge in [-0.1, -0.05) is 18.2 Å². The molecule has 0 saturated carbocycles. The fourth-order valence-corrected chi connectivity index (χ4v) is 2.59. The third kappa shape index (κ3) is 4.46. The summed E-state index contributed by atoms with van der Waals surface area (Å²) in [6.45, 7) is 0.303. The number of halogens is 3. The summed E-state index contributed by atoms with van der Waals surface area (Å²) in [7, 11) is 1.45. The van der Waals surface area contributed by atoms with E-state index in [1.54, 1.807) is 0 Å². The molecule has 0 radical (unpaired) electrons.